The van der Waals surface area contributed by atoms with E-state index in [9.17, 15) is 19.2 Å². The smallest absolute Gasteiger partial charge is 0.408 e. The fourth-order valence-electron chi connectivity index (χ4n) is 2.14. The number of esters is 2. The van der Waals surface area contributed by atoms with Crippen molar-refractivity contribution in [3.05, 3.63) is 0 Å². The van der Waals surface area contributed by atoms with Gasteiger partial charge in [0.15, 0.2) is 5.78 Å². The monoisotopic (exact) mass is 343 g/mol. The van der Waals surface area contributed by atoms with Crippen molar-refractivity contribution >= 4 is 23.8 Å². The van der Waals surface area contributed by atoms with Crippen LogP contribution < -0.4 is 5.32 Å². The van der Waals surface area contributed by atoms with Gasteiger partial charge in [-0.3, -0.25) is 14.4 Å². The minimum atomic E-state index is -1.64. The lowest BCUT2D eigenvalue weighted by molar-refractivity contribution is -0.238. The van der Waals surface area contributed by atoms with Crippen LogP contribution in [0.5, 0.6) is 0 Å². The number of alkyl carbamates (subject to hydrolysis) is 1. The summed E-state index contributed by atoms with van der Waals surface area (Å²) in [5, 5.41) is 2.54. The number of hydrogen-bond donors (Lipinski definition) is 1. The minimum absolute atomic E-state index is 0.262. The van der Waals surface area contributed by atoms with Gasteiger partial charge < -0.3 is 19.5 Å². The first-order valence-corrected chi connectivity index (χ1v) is 7.61. The van der Waals surface area contributed by atoms with Crippen LogP contribution in [0, 0.1) is 5.92 Å². The van der Waals surface area contributed by atoms with Gasteiger partial charge in [0.25, 0.3) is 5.79 Å². The van der Waals surface area contributed by atoms with E-state index < -0.39 is 46.7 Å². The molecule has 1 heterocycles. The molecule has 0 saturated carbocycles. The Kier molecular flexibility index (Phi) is 5.32. The number of rotatable bonds is 4. The third-order valence-electron chi connectivity index (χ3n) is 2.94. The largest absolute Gasteiger partial charge is 0.444 e. The summed E-state index contributed by atoms with van der Waals surface area (Å²) in [6.45, 7) is 11.1. The van der Waals surface area contributed by atoms with E-state index in [1.54, 1.807) is 34.6 Å². The van der Waals surface area contributed by atoms with Crippen LogP contribution in [-0.2, 0) is 28.6 Å². The lowest BCUT2D eigenvalue weighted by atomic mass is 9.90. The summed E-state index contributed by atoms with van der Waals surface area (Å²) < 4.78 is 15.0. The summed E-state index contributed by atoms with van der Waals surface area (Å²) in [5.74, 6) is -5.63. The standard InChI is InChI=1S/C16H25NO7/c1-14(2,3)24-13(21)17-15(4,5)8-9(18)10-11(19)22-16(6,7)23-12(10)20/h10H,8H2,1-7H3,(H,17,21). The number of carbonyl (C=O) groups excluding carboxylic acids is 4. The normalized spacial score (nSPS) is 18.5. The SMILES string of the molecule is CC(C)(CC(=O)C1C(=O)OC(C)(C)OC1=O)NC(=O)OC(C)(C)C. The number of ketones is 1. The van der Waals surface area contributed by atoms with Gasteiger partial charge >= 0.3 is 18.0 Å². The molecule has 8 heteroatoms. The van der Waals surface area contributed by atoms with Gasteiger partial charge in [0.1, 0.15) is 5.60 Å². The van der Waals surface area contributed by atoms with Gasteiger partial charge in [0.05, 0.1) is 0 Å². The van der Waals surface area contributed by atoms with E-state index >= 15 is 0 Å². The molecule has 1 N–H and O–H groups in total. The highest BCUT2D eigenvalue weighted by molar-refractivity contribution is 6.16. The van der Waals surface area contributed by atoms with Gasteiger partial charge in [-0.2, -0.15) is 0 Å². The first-order valence-electron chi connectivity index (χ1n) is 7.61. The molecule has 1 fully saturated rings. The van der Waals surface area contributed by atoms with E-state index in [1.807, 2.05) is 0 Å². The maximum atomic E-state index is 12.3. The van der Waals surface area contributed by atoms with E-state index in [1.165, 1.54) is 13.8 Å². The Morgan fingerprint density at radius 3 is 1.96 bits per heavy atom. The molecule has 0 atom stereocenters. The number of ether oxygens (including phenoxy) is 3. The second kappa shape index (κ2) is 6.41. The first kappa shape index (κ1) is 19.9. The van der Waals surface area contributed by atoms with Crippen LogP contribution in [0.3, 0.4) is 0 Å². The van der Waals surface area contributed by atoms with Crippen LogP contribution in [0.15, 0.2) is 0 Å². The van der Waals surface area contributed by atoms with Gasteiger partial charge in [0.2, 0.25) is 5.92 Å². The fourth-order valence-corrected chi connectivity index (χ4v) is 2.14. The van der Waals surface area contributed by atoms with E-state index in [0.717, 1.165) is 0 Å². The molecule has 24 heavy (non-hydrogen) atoms. The van der Waals surface area contributed by atoms with Crippen molar-refractivity contribution in [3.8, 4) is 0 Å². The summed E-state index contributed by atoms with van der Waals surface area (Å²) >= 11 is 0. The first-order chi connectivity index (χ1) is 10.6. The highest BCUT2D eigenvalue weighted by Crippen LogP contribution is 2.26. The lowest BCUT2D eigenvalue weighted by Gasteiger charge is -2.33. The third-order valence-corrected chi connectivity index (χ3v) is 2.94. The molecule has 0 radical (unpaired) electrons. The Labute approximate surface area is 141 Å². The number of amides is 1. The van der Waals surface area contributed by atoms with E-state index in [4.69, 9.17) is 14.2 Å². The van der Waals surface area contributed by atoms with Crippen LogP contribution in [0.25, 0.3) is 0 Å². The van der Waals surface area contributed by atoms with Crippen molar-refractivity contribution < 1.29 is 33.4 Å². The zero-order valence-electron chi connectivity index (χ0n) is 15.1. The molecule has 0 aromatic heterocycles. The van der Waals surface area contributed by atoms with Crippen molar-refractivity contribution in [1.29, 1.82) is 0 Å². The second-order valence-corrected chi connectivity index (χ2v) is 7.83. The Morgan fingerprint density at radius 1 is 1.08 bits per heavy atom. The van der Waals surface area contributed by atoms with Crippen molar-refractivity contribution in [1.82, 2.24) is 5.32 Å². The Balaban J connectivity index is 2.74. The topological polar surface area (TPSA) is 108 Å². The van der Waals surface area contributed by atoms with Gasteiger partial charge in [-0.05, 0) is 34.6 Å². The fraction of sp³-hybridized carbons (Fsp3) is 0.750. The average molecular weight is 343 g/mol. The molecule has 0 spiro atoms. The van der Waals surface area contributed by atoms with E-state index in [-0.39, 0.29) is 6.42 Å². The van der Waals surface area contributed by atoms with Gasteiger partial charge in [-0.1, -0.05) is 0 Å². The number of nitrogens with one attached hydrogen (secondary N) is 1. The number of Topliss-reactive ketones (excluding diaryl/α,β-unsaturated/α-hetero) is 1. The molecule has 0 aromatic carbocycles. The molecule has 8 nitrogen and oxygen atoms in total. The molecular weight excluding hydrogens is 318 g/mol. The minimum Gasteiger partial charge on any atom is -0.444 e. The zero-order valence-corrected chi connectivity index (χ0v) is 15.1. The van der Waals surface area contributed by atoms with Gasteiger partial charge in [-0.15, -0.1) is 0 Å². The van der Waals surface area contributed by atoms with Crippen LogP contribution in [0.4, 0.5) is 4.79 Å². The predicted octanol–water partition coefficient (Wildman–Crippen LogP) is 1.70. The molecule has 1 rings (SSSR count). The van der Waals surface area contributed by atoms with Crippen molar-refractivity contribution in [3.63, 3.8) is 0 Å². The zero-order chi connectivity index (χ0) is 18.9. The Morgan fingerprint density at radius 2 is 1.54 bits per heavy atom. The molecule has 1 aliphatic heterocycles. The quantitative estimate of drug-likeness (QED) is 0.611. The molecule has 0 unspecified atom stereocenters. The molecule has 1 aliphatic rings. The summed E-state index contributed by atoms with van der Waals surface area (Å²) in [6, 6.07) is 0. The maximum Gasteiger partial charge on any atom is 0.408 e. The van der Waals surface area contributed by atoms with Crippen molar-refractivity contribution in [2.24, 2.45) is 5.92 Å². The van der Waals surface area contributed by atoms with E-state index in [2.05, 4.69) is 5.32 Å². The maximum absolute atomic E-state index is 12.3. The summed E-state index contributed by atoms with van der Waals surface area (Å²) in [5.41, 5.74) is -1.71. The Bertz CT molecular complexity index is 537. The molecule has 136 valence electrons. The number of hydrogen-bond acceptors (Lipinski definition) is 7. The third kappa shape index (κ3) is 5.82. The molecular formula is C16H25NO7. The summed E-state index contributed by atoms with van der Waals surface area (Å²) in [4.78, 5) is 47.9. The molecule has 0 bridgehead atoms. The molecule has 0 aliphatic carbocycles. The molecule has 1 amide bonds. The van der Waals surface area contributed by atoms with Gasteiger partial charge in [0, 0.05) is 25.8 Å². The average Bonchev–Trinajstić information content (AvgIpc) is 2.19. The number of carbonyl (C=O) groups is 4. The highest BCUT2D eigenvalue weighted by atomic mass is 16.7. The Hall–Kier alpha value is -2.12. The van der Waals surface area contributed by atoms with E-state index in [0.29, 0.717) is 0 Å². The molecule has 0 aromatic rings. The van der Waals surface area contributed by atoms with Crippen molar-refractivity contribution in [2.45, 2.75) is 71.8 Å². The molecule has 1 saturated heterocycles. The lowest BCUT2D eigenvalue weighted by Crippen LogP contribution is -2.52. The number of cyclic esters (lactones) is 2. The summed E-state index contributed by atoms with van der Waals surface area (Å²) in [6.07, 6.45) is -0.961. The van der Waals surface area contributed by atoms with Crippen LogP contribution in [0.2, 0.25) is 0 Å². The van der Waals surface area contributed by atoms with Crippen LogP contribution in [-0.4, -0.2) is 40.7 Å². The summed E-state index contributed by atoms with van der Waals surface area (Å²) in [7, 11) is 0. The van der Waals surface area contributed by atoms with Crippen LogP contribution in [0.1, 0.15) is 54.9 Å². The van der Waals surface area contributed by atoms with Crippen molar-refractivity contribution in [2.75, 3.05) is 0 Å². The van der Waals surface area contributed by atoms with Gasteiger partial charge in [-0.25, -0.2) is 4.79 Å². The predicted molar refractivity (Wildman–Crippen MR) is 82.8 cm³/mol. The van der Waals surface area contributed by atoms with Crippen LogP contribution >= 0.6 is 0 Å². The highest BCUT2D eigenvalue weighted by Gasteiger charge is 2.48. The second-order valence-electron chi connectivity index (χ2n) is 7.83.